The summed E-state index contributed by atoms with van der Waals surface area (Å²) < 4.78 is 18.0. The molecule has 1 aliphatic heterocycles. The summed E-state index contributed by atoms with van der Waals surface area (Å²) in [6.07, 6.45) is 1.04. The highest BCUT2D eigenvalue weighted by Crippen LogP contribution is 2.36. The standard InChI is InChI=1S/C20H23N3O5/c1-22-11-13(10-21)8-15(22)20(25)23-6-7-28-18(12-24)19(23)14-4-5-16(26-2)17(9-14)27-3/h4-5,8-9,11,18-19,24H,6-7,12H2,1-3H3/t18-,19-/m1/s1. The van der Waals surface area contributed by atoms with Crippen molar-refractivity contribution in [3.05, 3.63) is 47.3 Å². The number of aliphatic hydroxyl groups excluding tert-OH is 1. The molecule has 0 saturated carbocycles. The molecule has 0 radical (unpaired) electrons. The number of morpholine rings is 1. The molecule has 2 atom stereocenters. The third-order valence-corrected chi connectivity index (χ3v) is 4.90. The Morgan fingerprint density at radius 1 is 1.32 bits per heavy atom. The van der Waals surface area contributed by atoms with Gasteiger partial charge in [0.05, 0.1) is 39.0 Å². The van der Waals surface area contributed by atoms with E-state index in [1.54, 1.807) is 55.1 Å². The fraction of sp³-hybridized carbons (Fsp3) is 0.400. The number of aryl methyl sites for hydroxylation is 1. The number of rotatable bonds is 5. The molecule has 2 heterocycles. The smallest absolute Gasteiger partial charge is 0.271 e. The summed E-state index contributed by atoms with van der Waals surface area (Å²) in [4.78, 5) is 14.9. The van der Waals surface area contributed by atoms with E-state index in [-0.39, 0.29) is 12.5 Å². The zero-order valence-electron chi connectivity index (χ0n) is 16.1. The van der Waals surface area contributed by atoms with E-state index in [4.69, 9.17) is 19.5 Å². The third kappa shape index (κ3) is 3.54. The van der Waals surface area contributed by atoms with E-state index in [1.165, 1.54) is 0 Å². The van der Waals surface area contributed by atoms with Crippen molar-refractivity contribution in [3.63, 3.8) is 0 Å². The van der Waals surface area contributed by atoms with Crippen molar-refractivity contribution in [2.75, 3.05) is 34.0 Å². The number of ether oxygens (including phenoxy) is 3. The fourth-order valence-electron chi connectivity index (χ4n) is 3.53. The lowest BCUT2D eigenvalue weighted by Crippen LogP contribution is -2.49. The number of carbonyl (C=O) groups is 1. The van der Waals surface area contributed by atoms with Crippen LogP contribution >= 0.6 is 0 Å². The Morgan fingerprint density at radius 3 is 2.68 bits per heavy atom. The van der Waals surface area contributed by atoms with Crippen LogP contribution in [0.1, 0.15) is 27.7 Å². The number of hydrogen-bond acceptors (Lipinski definition) is 6. The van der Waals surface area contributed by atoms with Crippen molar-refractivity contribution in [1.82, 2.24) is 9.47 Å². The molecule has 0 unspecified atom stereocenters. The maximum absolute atomic E-state index is 13.3. The molecule has 8 heteroatoms. The first kappa shape index (κ1) is 19.7. The van der Waals surface area contributed by atoms with Crippen LogP contribution in [-0.2, 0) is 11.8 Å². The Labute approximate surface area is 163 Å². The van der Waals surface area contributed by atoms with Gasteiger partial charge in [-0.25, -0.2) is 0 Å². The first-order valence-electron chi connectivity index (χ1n) is 8.85. The highest BCUT2D eigenvalue weighted by atomic mass is 16.5. The molecule has 1 saturated heterocycles. The number of carbonyl (C=O) groups excluding carboxylic acids is 1. The van der Waals surface area contributed by atoms with Crippen LogP contribution in [0, 0.1) is 11.3 Å². The second-order valence-electron chi connectivity index (χ2n) is 6.49. The minimum atomic E-state index is -0.577. The van der Waals surface area contributed by atoms with Crippen LogP contribution in [-0.4, -0.2) is 60.6 Å². The van der Waals surface area contributed by atoms with Gasteiger partial charge in [0.1, 0.15) is 17.9 Å². The summed E-state index contributed by atoms with van der Waals surface area (Å²) in [5.41, 5.74) is 1.58. The molecule has 1 N–H and O–H groups in total. The summed E-state index contributed by atoms with van der Waals surface area (Å²) in [5, 5.41) is 19.0. The average molecular weight is 385 g/mol. The zero-order valence-corrected chi connectivity index (χ0v) is 16.1. The van der Waals surface area contributed by atoms with Crippen LogP contribution in [0.5, 0.6) is 11.5 Å². The van der Waals surface area contributed by atoms with Crippen LogP contribution in [0.15, 0.2) is 30.5 Å². The minimum Gasteiger partial charge on any atom is -0.493 e. The zero-order chi connectivity index (χ0) is 20.3. The SMILES string of the molecule is COc1ccc([C@@H]2[C@@H](CO)OCCN2C(=O)c2cc(C#N)cn2C)cc1OC. The number of nitriles is 1. The lowest BCUT2D eigenvalue weighted by molar-refractivity contribution is -0.0813. The molecular weight excluding hydrogens is 362 g/mol. The van der Waals surface area contributed by atoms with Gasteiger partial charge >= 0.3 is 0 Å². The lowest BCUT2D eigenvalue weighted by Gasteiger charge is -2.41. The number of aromatic nitrogens is 1. The Hall–Kier alpha value is -3.02. The third-order valence-electron chi connectivity index (χ3n) is 4.90. The molecule has 1 aromatic carbocycles. The van der Waals surface area contributed by atoms with Crippen LogP contribution in [0.2, 0.25) is 0 Å². The van der Waals surface area contributed by atoms with Gasteiger partial charge in [-0.3, -0.25) is 4.79 Å². The van der Waals surface area contributed by atoms with Crippen molar-refractivity contribution in [3.8, 4) is 17.6 Å². The maximum atomic E-state index is 13.3. The minimum absolute atomic E-state index is 0.231. The Morgan fingerprint density at radius 2 is 2.07 bits per heavy atom. The van der Waals surface area contributed by atoms with Crippen LogP contribution in [0.4, 0.5) is 0 Å². The molecule has 1 amide bonds. The molecule has 0 bridgehead atoms. The van der Waals surface area contributed by atoms with Gasteiger partial charge in [0.25, 0.3) is 5.91 Å². The van der Waals surface area contributed by atoms with E-state index in [2.05, 4.69) is 0 Å². The van der Waals surface area contributed by atoms with Crippen molar-refractivity contribution in [1.29, 1.82) is 5.26 Å². The van der Waals surface area contributed by atoms with Gasteiger partial charge in [-0.05, 0) is 23.8 Å². The molecule has 1 fully saturated rings. The largest absolute Gasteiger partial charge is 0.493 e. The van der Waals surface area contributed by atoms with Crippen LogP contribution < -0.4 is 9.47 Å². The second kappa shape index (κ2) is 8.33. The predicted molar refractivity (Wildman–Crippen MR) is 100 cm³/mol. The number of amides is 1. The average Bonchev–Trinajstić information content (AvgIpc) is 3.12. The number of methoxy groups -OCH3 is 2. The van der Waals surface area contributed by atoms with E-state index in [1.807, 2.05) is 12.1 Å². The van der Waals surface area contributed by atoms with Gasteiger partial charge in [-0.2, -0.15) is 5.26 Å². The second-order valence-corrected chi connectivity index (χ2v) is 6.49. The van der Waals surface area contributed by atoms with E-state index in [9.17, 15) is 9.90 Å². The molecule has 2 aromatic rings. The summed E-state index contributed by atoms with van der Waals surface area (Å²) in [5.74, 6) is 0.869. The van der Waals surface area contributed by atoms with E-state index < -0.39 is 12.1 Å². The van der Waals surface area contributed by atoms with Crippen LogP contribution in [0.3, 0.4) is 0 Å². The molecule has 1 aromatic heterocycles. The molecule has 0 aliphatic carbocycles. The maximum Gasteiger partial charge on any atom is 0.271 e. The lowest BCUT2D eigenvalue weighted by atomic mass is 9.97. The quantitative estimate of drug-likeness (QED) is 0.838. The highest BCUT2D eigenvalue weighted by Gasteiger charge is 2.37. The summed E-state index contributed by atoms with van der Waals surface area (Å²) in [6.45, 7) is 0.442. The highest BCUT2D eigenvalue weighted by molar-refractivity contribution is 5.93. The van der Waals surface area contributed by atoms with Gasteiger partial charge in [-0.15, -0.1) is 0 Å². The number of benzene rings is 1. The summed E-state index contributed by atoms with van der Waals surface area (Å²) in [7, 11) is 4.82. The van der Waals surface area contributed by atoms with E-state index in [0.29, 0.717) is 35.9 Å². The molecule has 3 rings (SSSR count). The van der Waals surface area contributed by atoms with Crippen molar-refractivity contribution >= 4 is 5.91 Å². The molecule has 8 nitrogen and oxygen atoms in total. The molecule has 0 spiro atoms. The van der Waals surface area contributed by atoms with Gasteiger partial charge in [0, 0.05) is 19.8 Å². The Balaban J connectivity index is 2.02. The Kier molecular flexibility index (Phi) is 5.87. The summed E-state index contributed by atoms with van der Waals surface area (Å²) >= 11 is 0. The summed E-state index contributed by atoms with van der Waals surface area (Å²) in [6, 6.07) is 8.48. The normalized spacial score (nSPS) is 19.2. The first-order valence-corrected chi connectivity index (χ1v) is 8.85. The monoisotopic (exact) mass is 385 g/mol. The van der Waals surface area contributed by atoms with Gasteiger partial charge < -0.3 is 28.8 Å². The van der Waals surface area contributed by atoms with Crippen molar-refractivity contribution in [2.24, 2.45) is 7.05 Å². The van der Waals surface area contributed by atoms with E-state index >= 15 is 0 Å². The molecule has 28 heavy (non-hydrogen) atoms. The molecule has 148 valence electrons. The Bertz CT molecular complexity index is 902. The molecule has 1 aliphatic rings. The predicted octanol–water partition coefficient (Wildman–Crippen LogP) is 1.49. The number of nitrogens with zero attached hydrogens (tertiary/aromatic N) is 3. The fourth-order valence-corrected chi connectivity index (χ4v) is 3.53. The van der Waals surface area contributed by atoms with Gasteiger partial charge in [0.2, 0.25) is 0 Å². The first-order chi connectivity index (χ1) is 13.5. The number of aliphatic hydroxyl groups is 1. The van der Waals surface area contributed by atoms with Crippen molar-refractivity contribution in [2.45, 2.75) is 12.1 Å². The topological polar surface area (TPSA) is 97.0 Å². The van der Waals surface area contributed by atoms with Gasteiger partial charge in [-0.1, -0.05) is 6.07 Å². The molecular formula is C20H23N3O5. The number of hydrogen-bond donors (Lipinski definition) is 1. The van der Waals surface area contributed by atoms with Crippen LogP contribution in [0.25, 0.3) is 0 Å². The van der Waals surface area contributed by atoms with E-state index in [0.717, 1.165) is 5.56 Å². The van der Waals surface area contributed by atoms with Crippen molar-refractivity contribution < 1.29 is 24.1 Å². The van der Waals surface area contributed by atoms with Gasteiger partial charge in [0.15, 0.2) is 11.5 Å².